The molecule has 6 heteroatoms. The van der Waals surface area contributed by atoms with Crippen LogP contribution in [0, 0.1) is 5.41 Å². The highest BCUT2D eigenvalue weighted by Gasteiger charge is 2.35. The van der Waals surface area contributed by atoms with Crippen molar-refractivity contribution >= 4 is 5.91 Å². The zero-order valence-electron chi connectivity index (χ0n) is 14.6. The molecule has 6 nitrogen and oxygen atoms in total. The average molecular weight is 315 g/mol. The van der Waals surface area contributed by atoms with E-state index in [0.29, 0.717) is 19.8 Å². The molecule has 1 amide bonds. The first-order valence-corrected chi connectivity index (χ1v) is 8.16. The van der Waals surface area contributed by atoms with Gasteiger partial charge in [0.15, 0.2) is 0 Å². The summed E-state index contributed by atoms with van der Waals surface area (Å²) in [5.74, 6) is 0.222. The highest BCUT2D eigenvalue weighted by atomic mass is 16.5. The molecule has 0 aliphatic carbocycles. The normalized spacial score (nSPS) is 17.3. The molecule has 0 saturated carbocycles. The van der Waals surface area contributed by atoms with Gasteiger partial charge >= 0.3 is 0 Å². The van der Waals surface area contributed by atoms with E-state index in [0.717, 1.165) is 39.0 Å². The summed E-state index contributed by atoms with van der Waals surface area (Å²) in [5, 5.41) is 0. The third-order valence-corrected chi connectivity index (χ3v) is 4.25. The van der Waals surface area contributed by atoms with Gasteiger partial charge in [0, 0.05) is 53.0 Å². The maximum atomic E-state index is 12.8. The summed E-state index contributed by atoms with van der Waals surface area (Å²) >= 11 is 0. The number of piperidine rings is 1. The van der Waals surface area contributed by atoms with Gasteiger partial charge in [0.2, 0.25) is 5.91 Å². The van der Waals surface area contributed by atoms with E-state index in [1.54, 1.807) is 14.2 Å². The monoisotopic (exact) mass is 315 g/mol. The molecule has 0 atom stereocenters. The maximum absolute atomic E-state index is 12.8. The van der Waals surface area contributed by atoms with E-state index in [4.69, 9.17) is 15.2 Å². The molecule has 0 spiro atoms. The number of nitrogens with two attached hydrogens (primary N) is 1. The summed E-state index contributed by atoms with van der Waals surface area (Å²) in [4.78, 5) is 17.0. The summed E-state index contributed by atoms with van der Waals surface area (Å²) in [6.45, 7) is 9.25. The molecule has 130 valence electrons. The summed E-state index contributed by atoms with van der Waals surface area (Å²) in [7, 11) is 3.39. The fraction of sp³-hybridized carbons (Fsp3) is 0.938. The van der Waals surface area contributed by atoms with E-state index < -0.39 is 5.41 Å². The first kappa shape index (κ1) is 19.4. The molecule has 2 N–H and O–H groups in total. The number of carbonyl (C=O) groups is 1. The number of ether oxygens (including phenoxy) is 2. The van der Waals surface area contributed by atoms with Crippen molar-refractivity contribution < 1.29 is 14.3 Å². The summed E-state index contributed by atoms with van der Waals surface area (Å²) in [6.07, 6.45) is 1.80. The van der Waals surface area contributed by atoms with Crippen molar-refractivity contribution in [2.75, 3.05) is 60.2 Å². The minimum Gasteiger partial charge on any atom is -0.383 e. The molecule has 1 rings (SSSR count). The second kappa shape index (κ2) is 9.45. The first-order valence-electron chi connectivity index (χ1n) is 8.16. The van der Waals surface area contributed by atoms with Crippen LogP contribution in [0.3, 0.4) is 0 Å². The summed E-state index contributed by atoms with van der Waals surface area (Å²) in [5.41, 5.74) is 5.51. The second-order valence-electron chi connectivity index (χ2n) is 6.78. The molecular formula is C16H33N3O3. The predicted molar refractivity (Wildman–Crippen MR) is 87.8 cm³/mol. The highest BCUT2D eigenvalue weighted by Crippen LogP contribution is 2.23. The molecular weight excluding hydrogens is 282 g/mol. The Morgan fingerprint density at radius 2 is 1.68 bits per heavy atom. The molecule has 0 unspecified atom stereocenters. The van der Waals surface area contributed by atoms with Crippen molar-refractivity contribution in [3.63, 3.8) is 0 Å². The lowest BCUT2D eigenvalue weighted by Gasteiger charge is -2.38. The van der Waals surface area contributed by atoms with Crippen LogP contribution in [-0.2, 0) is 14.3 Å². The van der Waals surface area contributed by atoms with Gasteiger partial charge in [-0.25, -0.2) is 0 Å². The first-order chi connectivity index (χ1) is 10.4. The lowest BCUT2D eigenvalue weighted by molar-refractivity contribution is -0.142. The Balaban J connectivity index is 2.58. The SMILES string of the molecule is COCCN(CCOC)CC(C)(C)C(=O)N1CCC(N)CC1. The topological polar surface area (TPSA) is 68.0 Å². The van der Waals surface area contributed by atoms with Crippen LogP contribution in [0.5, 0.6) is 0 Å². The Hall–Kier alpha value is -0.690. The van der Waals surface area contributed by atoms with E-state index in [2.05, 4.69) is 4.90 Å². The lowest BCUT2D eigenvalue weighted by Crippen LogP contribution is -2.51. The van der Waals surface area contributed by atoms with Gasteiger partial charge in [-0.2, -0.15) is 0 Å². The second-order valence-corrected chi connectivity index (χ2v) is 6.78. The van der Waals surface area contributed by atoms with Crippen LogP contribution in [0.2, 0.25) is 0 Å². The highest BCUT2D eigenvalue weighted by molar-refractivity contribution is 5.82. The van der Waals surface area contributed by atoms with Gasteiger partial charge in [-0.05, 0) is 26.7 Å². The van der Waals surface area contributed by atoms with Gasteiger partial charge in [0.05, 0.1) is 18.6 Å². The molecule has 0 aromatic rings. The number of likely N-dealkylation sites (tertiary alicyclic amines) is 1. The number of carbonyl (C=O) groups excluding carboxylic acids is 1. The van der Waals surface area contributed by atoms with Gasteiger partial charge in [0.25, 0.3) is 0 Å². The smallest absolute Gasteiger partial charge is 0.229 e. The van der Waals surface area contributed by atoms with Crippen LogP contribution in [-0.4, -0.2) is 81.9 Å². The van der Waals surface area contributed by atoms with Crippen LogP contribution in [0.25, 0.3) is 0 Å². The number of amides is 1. The number of hydrogen-bond donors (Lipinski definition) is 1. The number of methoxy groups -OCH3 is 2. The summed E-state index contributed by atoms with van der Waals surface area (Å²) in [6, 6.07) is 0.243. The van der Waals surface area contributed by atoms with Crippen molar-refractivity contribution in [1.82, 2.24) is 9.80 Å². The van der Waals surface area contributed by atoms with E-state index in [1.807, 2.05) is 18.7 Å². The minimum absolute atomic E-state index is 0.222. The summed E-state index contributed by atoms with van der Waals surface area (Å²) < 4.78 is 10.3. The van der Waals surface area contributed by atoms with Gasteiger partial charge in [-0.15, -0.1) is 0 Å². The number of rotatable bonds is 9. The Bertz CT molecular complexity index is 321. The zero-order chi connectivity index (χ0) is 16.6. The molecule has 0 radical (unpaired) electrons. The third kappa shape index (κ3) is 6.20. The predicted octanol–water partition coefficient (Wildman–Crippen LogP) is 0.557. The van der Waals surface area contributed by atoms with Gasteiger partial charge < -0.3 is 20.1 Å². The molecule has 1 aliphatic heterocycles. The molecule has 0 bridgehead atoms. The molecule has 1 heterocycles. The van der Waals surface area contributed by atoms with E-state index >= 15 is 0 Å². The van der Waals surface area contributed by atoms with Crippen LogP contribution in [0.15, 0.2) is 0 Å². The molecule has 1 saturated heterocycles. The fourth-order valence-electron chi connectivity index (χ4n) is 2.87. The third-order valence-electron chi connectivity index (χ3n) is 4.25. The van der Waals surface area contributed by atoms with E-state index in [1.165, 1.54) is 0 Å². The van der Waals surface area contributed by atoms with Crippen LogP contribution in [0.4, 0.5) is 0 Å². The maximum Gasteiger partial charge on any atom is 0.229 e. The van der Waals surface area contributed by atoms with Crippen molar-refractivity contribution in [2.45, 2.75) is 32.7 Å². The number of nitrogens with zero attached hydrogens (tertiary/aromatic N) is 2. The van der Waals surface area contributed by atoms with Crippen LogP contribution < -0.4 is 5.73 Å². The van der Waals surface area contributed by atoms with Crippen molar-refractivity contribution in [2.24, 2.45) is 11.1 Å². The minimum atomic E-state index is -0.414. The van der Waals surface area contributed by atoms with E-state index in [-0.39, 0.29) is 11.9 Å². The quantitative estimate of drug-likeness (QED) is 0.673. The lowest BCUT2D eigenvalue weighted by atomic mass is 9.89. The Morgan fingerprint density at radius 1 is 1.18 bits per heavy atom. The fourth-order valence-corrected chi connectivity index (χ4v) is 2.87. The van der Waals surface area contributed by atoms with Crippen molar-refractivity contribution in [1.29, 1.82) is 0 Å². The van der Waals surface area contributed by atoms with Crippen LogP contribution in [0.1, 0.15) is 26.7 Å². The zero-order valence-corrected chi connectivity index (χ0v) is 14.6. The van der Waals surface area contributed by atoms with Gasteiger partial charge in [-0.1, -0.05) is 0 Å². The molecule has 0 aromatic heterocycles. The Labute approximate surface area is 134 Å². The van der Waals surface area contributed by atoms with Gasteiger partial charge in [-0.3, -0.25) is 9.69 Å². The Kier molecular flexibility index (Phi) is 8.31. The average Bonchev–Trinajstić information content (AvgIpc) is 2.50. The largest absolute Gasteiger partial charge is 0.383 e. The van der Waals surface area contributed by atoms with Crippen LogP contribution >= 0.6 is 0 Å². The van der Waals surface area contributed by atoms with E-state index in [9.17, 15) is 4.79 Å². The van der Waals surface area contributed by atoms with Crippen molar-refractivity contribution in [3.05, 3.63) is 0 Å². The number of hydrogen-bond acceptors (Lipinski definition) is 5. The molecule has 1 fully saturated rings. The molecule has 1 aliphatic rings. The van der Waals surface area contributed by atoms with Gasteiger partial charge in [0.1, 0.15) is 0 Å². The Morgan fingerprint density at radius 3 is 2.14 bits per heavy atom. The molecule has 22 heavy (non-hydrogen) atoms. The standard InChI is InChI=1S/C16H33N3O3/c1-16(2,13-18(9-11-21-3)10-12-22-4)15(20)19-7-5-14(17)6-8-19/h14H,5-13,17H2,1-4H3. The van der Waals surface area contributed by atoms with Crippen molar-refractivity contribution in [3.8, 4) is 0 Å². The molecule has 0 aromatic carbocycles.